The molecular weight excluding hydrogens is 206 g/mol. The van der Waals surface area contributed by atoms with Gasteiger partial charge in [-0.25, -0.2) is 0 Å². The smallest absolute Gasteiger partial charge is 0.161 e. The number of aryl methyl sites for hydroxylation is 1. The molecule has 16 heavy (non-hydrogen) atoms. The molecule has 1 heterocycles. The molecule has 0 unspecified atom stereocenters. The van der Waals surface area contributed by atoms with Crippen LogP contribution in [0.1, 0.15) is 5.69 Å². The van der Waals surface area contributed by atoms with Crippen LogP contribution in [0.15, 0.2) is 30.3 Å². The third-order valence-corrected chi connectivity index (χ3v) is 2.24. The van der Waals surface area contributed by atoms with Crippen LogP contribution in [0.2, 0.25) is 0 Å². The standard InChI is InChI=1S/C11H13N3O2/c1-14-8(6-11(12)13-14)7-16-10-5-3-2-4-9(10)15/h2-6,15H,7H2,1H3,(H2,12,13). The first-order chi connectivity index (χ1) is 7.66. The molecule has 0 radical (unpaired) electrons. The van der Waals surface area contributed by atoms with Crippen LogP contribution in [0.3, 0.4) is 0 Å². The predicted octanol–water partition coefficient (Wildman–Crippen LogP) is 1.29. The van der Waals surface area contributed by atoms with Gasteiger partial charge in [-0.15, -0.1) is 0 Å². The number of phenolic OH excluding ortho intramolecular Hbond substituents is 1. The van der Waals surface area contributed by atoms with Crippen molar-refractivity contribution in [3.63, 3.8) is 0 Å². The van der Waals surface area contributed by atoms with E-state index < -0.39 is 0 Å². The molecule has 0 saturated heterocycles. The summed E-state index contributed by atoms with van der Waals surface area (Å²) >= 11 is 0. The minimum atomic E-state index is 0.123. The van der Waals surface area contributed by atoms with Gasteiger partial charge in [0, 0.05) is 13.1 Å². The van der Waals surface area contributed by atoms with E-state index in [-0.39, 0.29) is 5.75 Å². The van der Waals surface area contributed by atoms with Gasteiger partial charge >= 0.3 is 0 Å². The third-order valence-electron chi connectivity index (χ3n) is 2.24. The van der Waals surface area contributed by atoms with Crippen LogP contribution in [0.5, 0.6) is 11.5 Å². The number of phenols is 1. The maximum Gasteiger partial charge on any atom is 0.161 e. The van der Waals surface area contributed by atoms with Crippen molar-refractivity contribution in [2.75, 3.05) is 5.73 Å². The Hall–Kier alpha value is -2.17. The van der Waals surface area contributed by atoms with Crippen molar-refractivity contribution in [1.82, 2.24) is 9.78 Å². The Labute approximate surface area is 93.1 Å². The summed E-state index contributed by atoms with van der Waals surface area (Å²) in [5.41, 5.74) is 6.39. The summed E-state index contributed by atoms with van der Waals surface area (Å²) in [4.78, 5) is 0. The molecule has 5 nitrogen and oxygen atoms in total. The van der Waals surface area contributed by atoms with E-state index in [0.29, 0.717) is 18.2 Å². The fraction of sp³-hybridized carbons (Fsp3) is 0.182. The van der Waals surface area contributed by atoms with Gasteiger partial charge in [-0.1, -0.05) is 12.1 Å². The summed E-state index contributed by atoms with van der Waals surface area (Å²) < 4.78 is 7.10. The van der Waals surface area contributed by atoms with Gasteiger partial charge in [-0.2, -0.15) is 5.10 Å². The largest absolute Gasteiger partial charge is 0.504 e. The van der Waals surface area contributed by atoms with Gasteiger partial charge < -0.3 is 15.6 Å². The second-order valence-electron chi connectivity index (χ2n) is 3.44. The molecule has 0 amide bonds. The molecule has 1 aromatic carbocycles. The van der Waals surface area contributed by atoms with E-state index in [9.17, 15) is 5.11 Å². The van der Waals surface area contributed by atoms with Gasteiger partial charge in [0.1, 0.15) is 12.4 Å². The van der Waals surface area contributed by atoms with Crippen LogP contribution < -0.4 is 10.5 Å². The first-order valence-corrected chi connectivity index (χ1v) is 4.86. The normalized spacial score (nSPS) is 10.3. The van der Waals surface area contributed by atoms with E-state index in [0.717, 1.165) is 5.69 Å². The monoisotopic (exact) mass is 219 g/mol. The van der Waals surface area contributed by atoms with Gasteiger partial charge in [0.2, 0.25) is 0 Å². The fourth-order valence-electron chi connectivity index (χ4n) is 1.40. The fourth-order valence-corrected chi connectivity index (χ4v) is 1.40. The molecule has 0 bridgehead atoms. The highest BCUT2D eigenvalue weighted by atomic mass is 16.5. The molecule has 3 N–H and O–H groups in total. The summed E-state index contributed by atoms with van der Waals surface area (Å²) in [5, 5.41) is 13.5. The lowest BCUT2D eigenvalue weighted by atomic mass is 10.3. The van der Waals surface area contributed by atoms with E-state index in [1.807, 2.05) is 0 Å². The lowest BCUT2D eigenvalue weighted by molar-refractivity contribution is 0.279. The molecule has 84 valence electrons. The number of aromatic hydroxyl groups is 1. The SMILES string of the molecule is Cn1nc(N)cc1COc1ccccc1O. The molecule has 2 aromatic rings. The van der Waals surface area contributed by atoms with E-state index in [4.69, 9.17) is 10.5 Å². The number of para-hydroxylation sites is 2. The molecule has 0 aliphatic carbocycles. The number of nitrogens with two attached hydrogens (primary N) is 1. The van der Waals surface area contributed by atoms with E-state index in [1.165, 1.54) is 0 Å². The zero-order chi connectivity index (χ0) is 11.5. The Kier molecular flexibility index (Phi) is 2.68. The number of benzene rings is 1. The molecule has 0 aliphatic rings. The molecular formula is C11H13N3O2. The molecule has 2 rings (SSSR count). The molecule has 0 aliphatic heterocycles. The quantitative estimate of drug-likeness (QED) is 0.815. The Balaban J connectivity index is 2.08. The Morgan fingerprint density at radius 1 is 1.44 bits per heavy atom. The van der Waals surface area contributed by atoms with Crippen molar-refractivity contribution in [3.8, 4) is 11.5 Å². The molecule has 1 aromatic heterocycles. The first-order valence-electron chi connectivity index (χ1n) is 4.86. The maximum atomic E-state index is 9.49. The number of hydrogen-bond donors (Lipinski definition) is 2. The zero-order valence-corrected chi connectivity index (χ0v) is 8.92. The van der Waals surface area contributed by atoms with Crippen molar-refractivity contribution < 1.29 is 9.84 Å². The number of anilines is 1. The van der Waals surface area contributed by atoms with Crippen molar-refractivity contribution in [3.05, 3.63) is 36.0 Å². The number of rotatable bonds is 3. The Morgan fingerprint density at radius 2 is 2.19 bits per heavy atom. The maximum absolute atomic E-state index is 9.49. The minimum absolute atomic E-state index is 0.123. The number of aromatic nitrogens is 2. The van der Waals surface area contributed by atoms with Crippen molar-refractivity contribution in [2.45, 2.75) is 6.61 Å². The van der Waals surface area contributed by atoms with Crippen molar-refractivity contribution >= 4 is 5.82 Å². The van der Waals surface area contributed by atoms with Gasteiger partial charge in [0.25, 0.3) is 0 Å². The topological polar surface area (TPSA) is 73.3 Å². The summed E-state index contributed by atoms with van der Waals surface area (Å²) in [6.45, 7) is 0.318. The van der Waals surface area contributed by atoms with Gasteiger partial charge in [-0.3, -0.25) is 4.68 Å². The minimum Gasteiger partial charge on any atom is -0.504 e. The van der Waals surface area contributed by atoms with Crippen molar-refractivity contribution in [1.29, 1.82) is 0 Å². The molecule has 0 atom stereocenters. The van der Waals surface area contributed by atoms with Crippen LogP contribution in [-0.4, -0.2) is 14.9 Å². The second-order valence-corrected chi connectivity index (χ2v) is 3.44. The van der Waals surface area contributed by atoms with Crippen molar-refractivity contribution in [2.24, 2.45) is 7.05 Å². The summed E-state index contributed by atoms with van der Waals surface area (Å²) in [6, 6.07) is 8.55. The Bertz CT molecular complexity index is 494. The summed E-state index contributed by atoms with van der Waals surface area (Å²) in [6.07, 6.45) is 0. The molecule has 0 saturated carbocycles. The number of hydrogen-bond acceptors (Lipinski definition) is 4. The molecule has 0 fully saturated rings. The second kappa shape index (κ2) is 4.14. The number of ether oxygens (including phenoxy) is 1. The highest BCUT2D eigenvalue weighted by Gasteiger charge is 2.05. The average molecular weight is 219 g/mol. The van der Waals surface area contributed by atoms with E-state index in [2.05, 4.69) is 5.10 Å². The predicted molar refractivity (Wildman–Crippen MR) is 60.1 cm³/mol. The van der Waals surface area contributed by atoms with Crippen LogP contribution >= 0.6 is 0 Å². The number of nitrogen functional groups attached to an aromatic ring is 1. The lowest BCUT2D eigenvalue weighted by Crippen LogP contribution is -2.03. The zero-order valence-electron chi connectivity index (χ0n) is 8.92. The molecule has 5 heteroatoms. The van der Waals surface area contributed by atoms with Gasteiger partial charge in [0.05, 0.1) is 5.69 Å². The van der Waals surface area contributed by atoms with Gasteiger partial charge in [0.15, 0.2) is 11.5 Å². The van der Waals surface area contributed by atoms with E-state index in [1.54, 1.807) is 42.1 Å². The lowest BCUT2D eigenvalue weighted by Gasteiger charge is -2.07. The van der Waals surface area contributed by atoms with Crippen LogP contribution in [0.4, 0.5) is 5.82 Å². The average Bonchev–Trinajstić information content (AvgIpc) is 2.56. The van der Waals surface area contributed by atoms with Gasteiger partial charge in [-0.05, 0) is 12.1 Å². The Morgan fingerprint density at radius 3 is 2.81 bits per heavy atom. The van der Waals surface area contributed by atoms with Crippen LogP contribution in [0.25, 0.3) is 0 Å². The first kappa shape index (κ1) is 10.4. The van der Waals surface area contributed by atoms with E-state index >= 15 is 0 Å². The van der Waals surface area contributed by atoms with Crippen LogP contribution in [0, 0.1) is 0 Å². The highest BCUT2D eigenvalue weighted by Crippen LogP contribution is 2.25. The third kappa shape index (κ3) is 2.08. The molecule has 0 spiro atoms. The number of nitrogens with zero attached hydrogens (tertiary/aromatic N) is 2. The summed E-state index contributed by atoms with van der Waals surface area (Å²) in [5.74, 6) is 1.03. The highest BCUT2D eigenvalue weighted by molar-refractivity contribution is 5.38. The summed E-state index contributed by atoms with van der Waals surface area (Å²) in [7, 11) is 1.79. The van der Waals surface area contributed by atoms with Crippen LogP contribution in [-0.2, 0) is 13.7 Å².